The lowest BCUT2D eigenvalue weighted by molar-refractivity contribution is -0.137. The standard InChI is InChI=1S/C19H12F3N3O2S/c20-19(21,22)13-4-1-11(2-5-13)9-25-10-23-14-6-3-12(7-15(14)25)8-16-17(26)24-18(27)28-16/h1-8,10H,9H2,(H,24,26,27)/b16-8-. The average Bonchev–Trinajstić information content (AvgIpc) is 3.17. The van der Waals surface area contributed by atoms with Crippen molar-refractivity contribution in [3.63, 3.8) is 0 Å². The molecule has 0 radical (unpaired) electrons. The van der Waals surface area contributed by atoms with Gasteiger partial charge in [-0.1, -0.05) is 18.2 Å². The molecule has 1 saturated heterocycles. The maximum atomic E-state index is 12.7. The van der Waals surface area contributed by atoms with Crippen molar-refractivity contribution in [2.24, 2.45) is 0 Å². The molecule has 0 unspecified atom stereocenters. The second-order valence-corrected chi connectivity index (χ2v) is 7.18. The predicted octanol–water partition coefficient (Wildman–Crippen LogP) is 4.43. The lowest BCUT2D eigenvalue weighted by atomic mass is 10.1. The molecule has 0 saturated carbocycles. The van der Waals surface area contributed by atoms with Crippen LogP contribution in [0.2, 0.25) is 0 Å². The molecule has 2 amide bonds. The minimum Gasteiger partial charge on any atom is -0.326 e. The Morgan fingerprint density at radius 1 is 1.11 bits per heavy atom. The molecule has 2 aromatic carbocycles. The molecule has 2 heterocycles. The summed E-state index contributed by atoms with van der Waals surface area (Å²) in [5.74, 6) is -0.437. The van der Waals surface area contributed by atoms with Gasteiger partial charge in [-0.3, -0.25) is 14.9 Å². The first kappa shape index (κ1) is 18.3. The summed E-state index contributed by atoms with van der Waals surface area (Å²) in [6.45, 7) is 0.350. The van der Waals surface area contributed by atoms with Gasteiger partial charge in [-0.15, -0.1) is 0 Å². The summed E-state index contributed by atoms with van der Waals surface area (Å²) in [5.41, 5.74) is 2.21. The van der Waals surface area contributed by atoms with Gasteiger partial charge in [0.05, 0.1) is 27.8 Å². The number of carbonyl (C=O) groups is 2. The van der Waals surface area contributed by atoms with Crippen LogP contribution in [0.4, 0.5) is 18.0 Å². The van der Waals surface area contributed by atoms with Crippen LogP contribution in [0.3, 0.4) is 0 Å². The highest BCUT2D eigenvalue weighted by molar-refractivity contribution is 8.18. The number of imide groups is 1. The number of rotatable bonds is 3. The fraction of sp³-hybridized carbons (Fsp3) is 0.105. The van der Waals surface area contributed by atoms with E-state index in [1.165, 1.54) is 12.1 Å². The molecule has 142 valence electrons. The topological polar surface area (TPSA) is 64.0 Å². The zero-order valence-electron chi connectivity index (χ0n) is 14.2. The summed E-state index contributed by atoms with van der Waals surface area (Å²) in [5, 5.41) is 1.79. The van der Waals surface area contributed by atoms with Gasteiger partial charge in [0.15, 0.2) is 0 Å². The Morgan fingerprint density at radius 3 is 2.50 bits per heavy atom. The molecule has 9 heteroatoms. The van der Waals surface area contributed by atoms with Crippen molar-refractivity contribution in [3.05, 3.63) is 70.4 Å². The first-order valence-electron chi connectivity index (χ1n) is 8.15. The van der Waals surface area contributed by atoms with E-state index < -0.39 is 22.9 Å². The van der Waals surface area contributed by atoms with Crippen LogP contribution in [0.25, 0.3) is 17.1 Å². The molecule has 1 N–H and O–H groups in total. The number of alkyl halides is 3. The number of aromatic nitrogens is 2. The van der Waals surface area contributed by atoms with Crippen LogP contribution < -0.4 is 5.32 Å². The molecule has 4 rings (SSSR count). The van der Waals surface area contributed by atoms with Crippen LogP contribution in [-0.4, -0.2) is 20.7 Å². The molecule has 1 aromatic heterocycles. The summed E-state index contributed by atoms with van der Waals surface area (Å²) in [6.07, 6.45) is -1.14. The summed E-state index contributed by atoms with van der Waals surface area (Å²) >= 11 is 0.833. The number of benzene rings is 2. The van der Waals surface area contributed by atoms with Crippen LogP contribution in [0.15, 0.2) is 53.7 Å². The Labute approximate surface area is 161 Å². The smallest absolute Gasteiger partial charge is 0.326 e. The van der Waals surface area contributed by atoms with Crippen molar-refractivity contribution >= 4 is 40.0 Å². The summed E-state index contributed by atoms with van der Waals surface area (Å²) < 4.78 is 39.9. The van der Waals surface area contributed by atoms with Gasteiger partial charge in [0.25, 0.3) is 11.1 Å². The lowest BCUT2D eigenvalue weighted by Gasteiger charge is -2.09. The number of nitrogens with zero attached hydrogens (tertiary/aromatic N) is 2. The molecular weight excluding hydrogens is 391 g/mol. The molecule has 3 aromatic rings. The van der Waals surface area contributed by atoms with E-state index in [0.717, 1.165) is 29.4 Å². The van der Waals surface area contributed by atoms with E-state index in [9.17, 15) is 22.8 Å². The van der Waals surface area contributed by atoms with Gasteiger partial charge in [0.2, 0.25) is 0 Å². The molecule has 28 heavy (non-hydrogen) atoms. The number of imidazole rings is 1. The summed E-state index contributed by atoms with van der Waals surface area (Å²) in [4.78, 5) is 27.6. The molecule has 1 aliphatic rings. The molecular formula is C19H12F3N3O2S. The zero-order valence-corrected chi connectivity index (χ0v) is 15.0. The third kappa shape index (κ3) is 3.65. The van der Waals surface area contributed by atoms with E-state index in [-0.39, 0.29) is 0 Å². The SMILES string of the molecule is O=C1NC(=O)/C(=C/c2ccc3ncn(Cc4ccc(C(F)(F)F)cc4)c3c2)S1. The first-order valence-corrected chi connectivity index (χ1v) is 8.97. The normalized spacial score (nSPS) is 16.2. The van der Waals surface area contributed by atoms with Gasteiger partial charge < -0.3 is 4.57 Å². The Bertz CT molecular complexity index is 1120. The third-order valence-electron chi connectivity index (χ3n) is 4.22. The average molecular weight is 403 g/mol. The van der Waals surface area contributed by atoms with Gasteiger partial charge in [0.1, 0.15) is 0 Å². The number of thioether (sulfide) groups is 1. The zero-order chi connectivity index (χ0) is 19.9. The Balaban J connectivity index is 1.62. The van der Waals surface area contributed by atoms with Gasteiger partial charge >= 0.3 is 6.18 Å². The quantitative estimate of drug-likeness (QED) is 0.658. The fourth-order valence-electron chi connectivity index (χ4n) is 2.86. The maximum absolute atomic E-state index is 12.7. The number of hydrogen-bond acceptors (Lipinski definition) is 4. The Morgan fingerprint density at radius 2 is 1.86 bits per heavy atom. The molecule has 1 fully saturated rings. The van der Waals surface area contributed by atoms with E-state index in [1.54, 1.807) is 24.5 Å². The van der Waals surface area contributed by atoms with Crippen molar-refractivity contribution in [1.29, 1.82) is 0 Å². The van der Waals surface area contributed by atoms with Gasteiger partial charge in [-0.25, -0.2) is 4.98 Å². The van der Waals surface area contributed by atoms with Crippen LogP contribution in [-0.2, 0) is 17.5 Å². The monoisotopic (exact) mass is 403 g/mol. The third-order valence-corrected chi connectivity index (χ3v) is 5.03. The fourth-order valence-corrected chi connectivity index (χ4v) is 3.54. The molecule has 1 aliphatic heterocycles. The van der Waals surface area contributed by atoms with Crippen molar-refractivity contribution in [2.75, 3.05) is 0 Å². The van der Waals surface area contributed by atoms with E-state index in [1.807, 2.05) is 10.6 Å². The van der Waals surface area contributed by atoms with Crippen LogP contribution in [0.1, 0.15) is 16.7 Å². The molecule has 5 nitrogen and oxygen atoms in total. The summed E-state index contributed by atoms with van der Waals surface area (Å²) in [6, 6.07) is 10.4. The molecule has 0 atom stereocenters. The number of amides is 2. The van der Waals surface area contributed by atoms with E-state index in [4.69, 9.17) is 0 Å². The summed E-state index contributed by atoms with van der Waals surface area (Å²) in [7, 11) is 0. The Hall–Kier alpha value is -3.07. The van der Waals surface area contributed by atoms with Crippen molar-refractivity contribution < 1.29 is 22.8 Å². The van der Waals surface area contributed by atoms with Gasteiger partial charge in [-0.05, 0) is 53.2 Å². The second-order valence-electron chi connectivity index (χ2n) is 6.17. The Kier molecular flexibility index (Phi) is 4.46. The molecule has 0 spiro atoms. The minimum absolute atomic E-state index is 0.304. The second kappa shape index (κ2) is 6.83. The first-order chi connectivity index (χ1) is 13.3. The van der Waals surface area contributed by atoms with Gasteiger partial charge in [0, 0.05) is 6.54 Å². The number of fused-ring (bicyclic) bond motifs is 1. The predicted molar refractivity (Wildman–Crippen MR) is 99.4 cm³/mol. The van der Waals surface area contributed by atoms with E-state index >= 15 is 0 Å². The number of hydrogen-bond donors (Lipinski definition) is 1. The van der Waals surface area contributed by atoms with Crippen molar-refractivity contribution in [1.82, 2.24) is 14.9 Å². The highest BCUT2D eigenvalue weighted by atomic mass is 32.2. The maximum Gasteiger partial charge on any atom is 0.416 e. The van der Waals surface area contributed by atoms with Gasteiger partial charge in [-0.2, -0.15) is 13.2 Å². The van der Waals surface area contributed by atoms with Crippen molar-refractivity contribution in [2.45, 2.75) is 12.7 Å². The van der Waals surface area contributed by atoms with Crippen LogP contribution in [0, 0.1) is 0 Å². The highest BCUT2D eigenvalue weighted by Gasteiger charge is 2.30. The molecule has 0 aliphatic carbocycles. The highest BCUT2D eigenvalue weighted by Crippen LogP contribution is 2.30. The number of carbonyl (C=O) groups excluding carboxylic acids is 2. The van der Waals surface area contributed by atoms with Crippen LogP contribution in [0.5, 0.6) is 0 Å². The van der Waals surface area contributed by atoms with E-state index in [0.29, 0.717) is 28.1 Å². The van der Waals surface area contributed by atoms with Crippen LogP contribution >= 0.6 is 11.8 Å². The largest absolute Gasteiger partial charge is 0.416 e. The van der Waals surface area contributed by atoms with E-state index in [2.05, 4.69) is 10.3 Å². The molecule has 0 bridgehead atoms. The van der Waals surface area contributed by atoms with Crippen molar-refractivity contribution in [3.8, 4) is 0 Å². The minimum atomic E-state index is -4.37. The number of nitrogens with one attached hydrogen (secondary N) is 1. The number of halogens is 3. The lowest BCUT2D eigenvalue weighted by Crippen LogP contribution is -2.17.